The first kappa shape index (κ1) is 15.4. The highest BCUT2D eigenvalue weighted by Crippen LogP contribution is 2.25. The molecule has 0 bridgehead atoms. The van der Waals surface area contributed by atoms with Gasteiger partial charge in [-0.3, -0.25) is 4.79 Å². The topological polar surface area (TPSA) is 58.2 Å². The second kappa shape index (κ2) is 6.61. The first-order valence-electron chi connectivity index (χ1n) is 6.10. The molecule has 0 spiro atoms. The van der Waals surface area contributed by atoms with Crippen LogP contribution in [-0.2, 0) is 0 Å². The van der Waals surface area contributed by atoms with Crippen LogP contribution in [-0.4, -0.2) is 11.8 Å². The second-order valence-corrected chi connectivity index (χ2v) is 5.18. The van der Waals surface area contributed by atoms with Gasteiger partial charge in [0.05, 0.1) is 10.7 Å². The lowest BCUT2D eigenvalue weighted by atomic mass is 10.1. The molecule has 0 aromatic heterocycles. The SMILES string of the molecule is CC(=O)c1ccc(NC(=O)Nc2cc(Cl)ccc2Cl)cc1. The maximum absolute atomic E-state index is 11.9. The Hall–Kier alpha value is -2.04. The fourth-order valence-electron chi connectivity index (χ4n) is 1.67. The number of halogens is 2. The monoisotopic (exact) mass is 322 g/mol. The number of carbonyl (C=O) groups is 2. The van der Waals surface area contributed by atoms with Gasteiger partial charge in [-0.1, -0.05) is 23.2 Å². The van der Waals surface area contributed by atoms with Gasteiger partial charge < -0.3 is 10.6 Å². The van der Waals surface area contributed by atoms with E-state index in [1.165, 1.54) is 6.92 Å². The van der Waals surface area contributed by atoms with Crippen LogP contribution in [0.25, 0.3) is 0 Å². The van der Waals surface area contributed by atoms with E-state index in [1.807, 2.05) is 0 Å². The first-order chi connectivity index (χ1) is 9.95. The summed E-state index contributed by atoms with van der Waals surface area (Å²) in [5.74, 6) is -0.0308. The molecule has 0 unspecified atom stereocenters. The third-order valence-corrected chi connectivity index (χ3v) is 3.29. The minimum absolute atomic E-state index is 0.0308. The molecule has 0 saturated carbocycles. The number of nitrogens with one attached hydrogen (secondary N) is 2. The van der Waals surface area contributed by atoms with Crippen LogP contribution in [0.3, 0.4) is 0 Å². The number of carbonyl (C=O) groups excluding carboxylic acids is 2. The van der Waals surface area contributed by atoms with Crippen molar-refractivity contribution in [3.05, 3.63) is 58.1 Å². The van der Waals surface area contributed by atoms with E-state index in [0.717, 1.165) is 0 Å². The Morgan fingerprint density at radius 2 is 1.62 bits per heavy atom. The van der Waals surface area contributed by atoms with Crippen LogP contribution in [0.15, 0.2) is 42.5 Å². The van der Waals surface area contributed by atoms with Crippen LogP contribution >= 0.6 is 23.2 Å². The summed E-state index contributed by atoms with van der Waals surface area (Å²) in [7, 11) is 0. The lowest BCUT2D eigenvalue weighted by Gasteiger charge is -2.09. The van der Waals surface area contributed by atoms with Gasteiger partial charge in [-0.2, -0.15) is 0 Å². The molecule has 2 amide bonds. The lowest BCUT2D eigenvalue weighted by Crippen LogP contribution is -2.19. The Labute approximate surface area is 132 Å². The predicted molar refractivity (Wildman–Crippen MR) is 85.5 cm³/mol. The fraction of sp³-hybridized carbons (Fsp3) is 0.0667. The Balaban J connectivity index is 2.04. The smallest absolute Gasteiger partial charge is 0.308 e. The van der Waals surface area contributed by atoms with Crippen LogP contribution < -0.4 is 10.6 Å². The van der Waals surface area contributed by atoms with E-state index in [2.05, 4.69) is 10.6 Å². The molecule has 0 heterocycles. The van der Waals surface area contributed by atoms with E-state index in [-0.39, 0.29) is 5.78 Å². The van der Waals surface area contributed by atoms with E-state index < -0.39 is 6.03 Å². The van der Waals surface area contributed by atoms with Gasteiger partial charge in [0.15, 0.2) is 5.78 Å². The first-order valence-corrected chi connectivity index (χ1v) is 6.85. The van der Waals surface area contributed by atoms with Crippen molar-refractivity contribution in [2.45, 2.75) is 6.92 Å². The van der Waals surface area contributed by atoms with Crippen LogP contribution in [0.2, 0.25) is 10.0 Å². The van der Waals surface area contributed by atoms with Gasteiger partial charge in [-0.25, -0.2) is 4.79 Å². The summed E-state index contributed by atoms with van der Waals surface area (Å²) in [5.41, 5.74) is 1.57. The minimum atomic E-state index is -0.449. The van der Waals surface area contributed by atoms with Crippen LogP contribution in [0.1, 0.15) is 17.3 Å². The van der Waals surface area contributed by atoms with Crippen molar-refractivity contribution < 1.29 is 9.59 Å². The number of hydrogen-bond acceptors (Lipinski definition) is 2. The number of anilines is 2. The molecule has 0 radical (unpaired) electrons. The molecule has 0 aliphatic carbocycles. The molecule has 2 rings (SSSR count). The second-order valence-electron chi connectivity index (χ2n) is 4.34. The van der Waals surface area contributed by atoms with Crippen molar-refractivity contribution in [1.82, 2.24) is 0 Å². The van der Waals surface area contributed by atoms with Gasteiger partial charge in [0, 0.05) is 16.3 Å². The predicted octanol–water partition coefficient (Wildman–Crippen LogP) is 4.84. The minimum Gasteiger partial charge on any atom is -0.308 e. The summed E-state index contributed by atoms with van der Waals surface area (Å²) < 4.78 is 0. The van der Waals surface area contributed by atoms with Crippen LogP contribution in [0.5, 0.6) is 0 Å². The largest absolute Gasteiger partial charge is 0.323 e. The molecule has 21 heavy (non-hydrogen) atoms. The summed E-state index contributed by atoms with van der Waals surface area (Å²) in [5, 5.41) is 6.11. The van der Waals surface area contributed by atoms with Gasteiger partial charge >= 0.3 is 6.03 Å². The highest BCUT2D eigenvalue weighted by molar-refractivity contribution is 6.35. The summed E-state index contributed by atoms with van der Waals surface area (Å²) in [6.07, 6.45) is 0. The molecule has 4 nitrogen and oxygen atoms in total. The van der Waals surface area contributed by atoms with E-state index in [1.54, 1.807) is 42.5 Å². The van der Waals surface area contributed by atoms with E-state index in [9.17, 15) is 9.59 Å². The van der Waals surface area contributed by atoms with Gasteiger partial charge in [0.25, 0.3) is 0 Å². The number of amides is 2. The standard InChI is InChI=1S/C15H12Cl2N2O2/c1-9(20)10-2-5-12(6-3-10)18-15(21)19-14-8-11(16)4-7-13(14)17/h2-8H,1H3,(H2,18,19,21). The molecule has 6 heteroatoms. The van der Waals surface area contributed by atoms with E-state index >= 15 is 0 Å². The third-order valence-electron chi connectivity index (χ3n) is 2.73. The molecule has 0 fully saturated rings. The molecule has 108 valence electrons. The molecule has 0 aliphatic rings. The maximum Gasteiger partial charge on any atom is 0.323 e. The number of ketones is 1. The number of Topliss-reactive ketones (excluding diaryl/α,β-unsaturated/α-hetero) is 1. The van der Waals surface area contributed by atoms with Gasteiger partial charge in [-0.05, 0) is 49.4 Å². The van der Waals surface area contributed by atoms with Crippen molar-refractivity contribution >= 4 is 46.4 Å². The third kappa shape index (κ3) is 4.21. The van der Waals surface area contributed by atoms with E-state index in [0.29, 0.717) is 27.0 Å². The van der Waals surface area contributed by atoms with Gasteiger partial charge in [0.2, 0.25) is 0 Å². The molecular formula is C15H12Cl2N2O2. The summed E-state index contributed by atoms with van der Waals surface area (Å²) in [4.78, 5) is 23.0. The zero-order valence-corrected chi connectivity index (χ0v) is 12.6. The van der Waals surface area contributed by atoms with Crippen molar-refractivity contribution in [3.8, 4) is 0 Å². The zero-order chi connectivity index (χ0) is 15.4. The molecular weight excluding hydrogens is 311 g/mol. The maximum atomic E-state index is 11.9. The number of rotatable bonds is 3. The fourth-order valence-corrected chi connectivity index (χ4v) is 2.00. The highest BCUT2D eigenvalue weighted by atomic mass is 35.5. The zero-order valence-electron chi connectivity index (χ0n) is 11.1. The molecule has 2 N–H and O–H groups in total. The lowest BCUT2D eigenvalue weighted by molar-refractivity contribution is 0.101. The van der Waals surface area contributed by atoms with Crippen molar-refractivity contribution in [1.29, 1.82) is 0 Å². The van der Waals surface area contributed by atoms with Crippen molar-refractivity contribution in [3.63, 3.8) is 0 Å². The summed E-state index contributed by atoms with van der Waals surface area (Å²) in [6.45, 7) is 1.48. The number of hydrogen-bond donors (Lipinski definition) is 2. The average molecular weight is 323 g/mol. The summed E-state index contributed by atoms with van der Waals surface area (Å²) in [6, 6.07) is 10.9. The average Bonchev–Trinajstić information content (AvgIpc) is 2.43. The number of urea groups is 1. The Kier molecular flexibility index (Phi) is 4.83. The molecule has 2 aromatic carbocycles. The number of benzene rings is 2. The van der Waals surface area contributed by atoms with Crippen molar-refractivity contribution in [2.75, 3.05) is 10.6 Å². The van der Waals surface area contributed by atoms with Crippen molar-refractivity contribution in [2.24, 2.45) is 0 Å². The highest BCUT2D eigenvalue weighted by Gasteiger charge is 2.07. The van der Waals surface area contributed by atoms with E-state index in [4.69, 9.17) is 23.2 Å². The van der Waals surface area contributed by atoms with Gasteiger partial charge in [-0.15, -0.1) is 0 Å². The summed E-state index contributed by atoms with van der Waals surface area (Å²) >= 11 is 11.8. The molecule has 0 aliphatic heterocycles. The molecule has 0 saturated heterocycles. The molecule has 0 atom stereocenters. The Bertz CT molecular complexity index is 685. The van der Waals surface area contributed by atoms with Crippen LogP contribution in [0, 0.1) is 0 Å². The molecule has 2 aromatic rings. The van der Waals surface area contributed by atoms with Crippen LogP contribution in [0.4, 0.5) is 16.2 Å². The quantitative estimate of drug-likeness (QED) is 0.794. The van der Waals surface area contributed by atoms with Gasteiger partial charge in [0.1, 0.15) is 0 Å². The Morgan fingerprint density at radius 1 is 0.952 bits per heavy atom. The normalized spacial score (nSPS) is 10.0. The Morgan fingerprint density at radius 3 is 2.24 bits per heavy atom.